The highest BCUT2D eigenvalue weighted by atomic mass is 79.9. The number of thiazole rings is 1. The average molecular weight is 605 g/mol. The Balaban J connectivity index is 1.66. The molecule has 0 atom stereocenters. The van der Waals surface area contributed by atoms with Crippen molar-refractivity contribution in [1.29, 1.82) is 0 Å². The lowest BCUT2D eigenvalue weighted by atomic mass is 10.2. The lowest BCUT2D eigenvalue weighted by Gasteiger charge is -2.09. The standard InChI is InChI=1S/C25H22BrN3O6S2/c1-3-35-23(30)15-29-21-12-7-17(26)14-22(21)36-25(29)27-24(31)16-5-4-6-18(13-16)28-37(32,33)20-10-8-19(34-2)9-11-20/h4-14,28H,3,15H2,1-2H3. The molecule has 0 aliphatic carbocycles. The highest BCUT2D eigenvalue weighted by Gasteiger charge is 2.16. The number of amides is 1. The molecule has 0 fully saturated rings. The van der Waals surface area contributed by atoms with Crippen molar-refractivity contribution in [2.75, 3.05) is 18.4 Å². The predicted octanol–water partition coefficient (Wildman–Crippen LogP) is 4.58. The van der Waals surface area contributed by atoms with Gasteiger partial charge in [-0.1, -0.05) is 33.3 Å². The monoisotopic (exact) mass is 603 g/mol. The first-order chi connectivity index (χ1) is 17.7. The van der Waals surface area contributed by atoms with E-state index in [4.69, 9.17) is 9.47 Å². The molecular weight excluding hydrogens is 582 g/mol. The molecule has 0 bridgehead atoms. The number of carbonyl (C=O) groups excluding carboxylic acids is 2. The zero-order valence-corrected chi connectivity index (χ0v) is 23.0. The number of benzene rings is 3. The molecule has 0 saturated carbocycles. The minimum atomic E-state index is -3.89. The van der Waals surface area contributed by atoms with E-state index in [1.165, 1.54) is 48.8 Å². The number of hydrogen-bond donors (Lipinski definition) is 1. The van der Waals surface area contributed by atoms with Crippen LogP contribution in [0.3, 0.4) is 0 Å². The van der Waals surface area contributed by atoms with Gasteiger partial charge in [-0.05, 0) is 67.6 Å². The van der Waals surface area contributed by atoms with Crippen molar-refractivity contribution in [2.24, 2.45) is 4.99 Å². The van der Waals surface area contributed by atoms with E-state index in [2.05, 4.69) is 25.6 Å². The Morgan fingerprint density at radius 2 is 1.84 bits per heavy atom. The van der Waals surface area contributed by atoms with Crippen molar-refractivity contribution >= 4 is 65.1 Å². The van der Waals surface area contributed by atoms with E-state index < -0.39 is 21.9 Å². The number of ether oxygens (including phenoxy) is 2. The molecule has 0 aliphatic rings. The predicted molar refractivity (Wildman–Crippen MR) is 144 cm³/mol. The van der Waals surface area contributed by atoms with Crippen LogP contribution in [0, 0.1) is 0 Å². The molecule has 12 heteroatoms. The molecule has 1 aromatic heterocycles. The van der Waals surface area contributed by atoms with Crippen LogP contribution in [0.15, 0.2) is 81.1 Å². The highest BCUT2D eigenvalue weighted by molar-refractivity contribution is 9.10. The van der Waals surface area contributed by atoms with Gasteiger partial charge in [-0.2, -0.15) is 4.99 Å². The van der Waals surface area contributed by atoms with Crippen molar-refractivity contribution in [1.82, 2.24) is 4.57 Å². The van der Waals surface area contributed by atoms with Gasteiger partial charge in [0.25, 0.3) is 15.9 Å². The van der Waals surface area contributed by atoms with Crippen molar-refractivity contribution in [3.63, 3.8) is 0 Å². The maximum Gasteiger partial charge on any atom is 0.326 e. The summed E-state index contributed by atoms with van der Waals surface area (Å²) in [6, 6.07) is 17.5. The molecular formula is C25H22BrN3O6S2. The molecule has 1 N–H and O–H groups in total. The van der Waals surface area contributed by atoms with Gasteiger partial charge in [-0.15, -0.1) is 0 Å². The van der Waals surface area contributed by atoms with Crippen molar-refractivity contribution in [3.05, 3.63) is 81.6 Å². The number of nitrogens with one attached hydrogen (secondary N) is 1. The fraction of sp³-hybridized carbons (Fsp3) is 0.160. The first kappa shape index (κ1) is 26.6. The summed E-state index contributed by atoms with van der Waals surface area (Å²) in [5, 5.41) is 0. The largest absolute Gasteiger partial charge is 0.497 e. The maximum absolute atomic E-state index is 13.1. The molecule has 4 aromatic rings. The minimum absolute atomic E-state index is 0.0474. The van der Waals surface area contributed by atoms with E-state index in [9.17, 15) is 18.0 Å². The number of aromatic nitrogens is 1. The number of carbonyl (C=O) groups is 2. The summed E-state index contributed by atoms with van der Waals surface area (Å²) >= 11 is 4.68. The quantitative estimate of drug-likeness (QED) is 0.295. The molecule has 3 aromatic carbocycles. The second-order valence-electron chi connectivity index (χ2n) is 7.67. The number of halogens is 1. The zero-order valence-electron chi connectivity index (χ0n) is 19.8. The van der Waals surface area contributed by atoms with Gasteiger partial charge < -0.3 is 14.0 Å². The summed E-state index contributed by atoms with van der Waals surface area (Å²) in [5.41, 5.74) is 1.11. The first-order valence-corrected chi connectivity index (χ1v) is 14.1. The van der Waals surface area contributed by atoms with E-state index in [1.807, 2.05) is 18.2 Å². The summed E-state index contributed by atoms with van der Waals surface area (Å²) in [6.07, 6.45) is 0. The number of anilines is 1. The molecule has 4 rings (SSSR count). The van der Waals surface area contributed by atoms with Gasteiger partial charge in [0.15, 0.2) is 4.80 Å². The van der Waals surface area contributed by atoms with Crippen LogP contribution in [0.4, 0.5) is 5.69 Å². The number of methoxy groups -OCH3 is 1. The van der Waals surface area contributed by atoms with Gasteiger partial charge in [0.1, 0.15) is 12.3 Å². The number of fused-ring (bicyclic) bond motifs is 1. The number of nitrogens with zero attached hydrogens (tertiary/aromatic N) is 2. The Morgan fingerprint density at radius 1 is 1.08 bits per heavy atom. The number of sulfonamides is 1. The molecule has 1 heterocycles. The van der Waals surface area contributed by atoms with Crippen molar-refractivity contribution < 1.29 is 27.5 Å². The fourth-order valence-corrected chi connectivity index (χ4v) is 6.09. The van der Waals surface area contributed by atoms with Crippen LogP contribution in [0.25, 0.3) is 10.2 Å². The molecule has 0 saturated heterocycles. The minimum Gasteiger partial charge on any atom is -0.497 e. The Kier molecular flexibility index (Phi) is 8.10. The zero-order chi connectivity index (χ0) is 26.6. The SMILES string of the molecule is CCOC(=O)Cn1c(=NC(=O)c2cccc(NS(=O)(=O)c3ccc(OC)cc3)c2)sc2cc(Br)ccc21. The second kappa shape index (κ2) is 11.3. The first-order valence-electron chi connectivity index (χ1n) is 11.0. The average Bonchev–Trinajstić information content (AvgIpc) is 3.19. The number of hydrogen-bond acceptors (Lipinski definition) is 7. The van der Waals surface area contributed by atoms with E-state index >= 15 is 0 Å². The second-order valence-corrected chi connectivity index (χ2v) is 11.3. The van der Waals surface area contributed by atoms with Crippen molar-refractivity contribution in [2.45, 2.75) is 18.4 Å². The van der Waals surface area contributed by atoms with Gasteiger partial charge in [0.05, 0.1) is 28.8 Å². The summed E-state index contributed by atoms with van der Waals surface area (Å²) in [5.74, 6) is -0.510. The molecule has 192 valence electrons. The third-order valence-corrected chi connectivity index (χ3v) is 8.10. The third-order valence-electron chi connectivity index (χ3n) is 5.17. The molecule has 0 unspecified atom stereocenters. The van der Waals surface area contributed by atoms with E-state index in [1.54, 1.807) is 29.7 Å². The molecule has 9 nitrogen and oxygen atoms in total. The molecule has 0 radical (unpaired) electrons. The number of esters is 1. The summed E-state index contributed by atoms with van der Waals surface area (Å²) in [6.45, 7) is 1.84. The van der Waals surface area contributed by atoms with Crippen LogP contribution < -0.4 is 14.3 Å². The normalized spacial score (nSPS) is 11.9. The fourth-order valence-electron chi connectivity index (χ4n) is 3.46. The summed E-state index contributed by atoms with van der Waals surface area (Å²) < 4.78 is 41.5. The van der Waals surface area contributed by atoms with Gasteiger partial charge in [0, 0.05) is 15.7 Å². The van der Waals surface area contributed by atoms with Crippen LogP contribution in [0.5, 0.6) is 5.75 Å². The van der Waals surface area contributed by atoms with E-state index in [0.29, 0.717) is 10.6 Å². The summed E-state index contributed by atoms with van der Waals surface area (Å²) in [4.78, 5) is 29.9. The van der Waals surface area contributed by atoms with Gasteiger partial charge >= 0.3 is 5.97 Å². The third kappa shape index (κ3) is 6.27. The topological polar surface area (TPSA) is 116 Å². The number of rotatable bonds is 8. The smallest absolute Gasteiger partial charge is 0.326 e. The van der Waals surface area contributed by atoms with Crippen LogP contribution in [-0.4, -0.2) is 38.6 Å². The Bertz CT molecular complexity index is 1640. The van der Waals surface area contributed by atoms with Gasteiger partial charge in [-0.25, -0.2) is 8.42 Å². The molecule has 0 aliphatic heterocycles. The highest BCUT2D eigenvalue weighted by Crippen LogP contribution is 2.23. The van der Waals surface area contributed by atoms with Crippen LogP contribution in [-0.2, 0) is 26.1 Å². The van der Waals surface area contributed by atoms with Crippen LogP contribution >= 0.6 is 27.3 Å². The van der Waals surface area contributed by atoms with Gasteiger partial charge in [0.2, 0.25) is 0 Å². The molecule has 0 spiro atoms. The van der Waals surface area contributed by atoms with E-state index in [-0.39, 0.29) is 29.3 Å². The van der Waals surface area contributed by atoms with Crippen LogP contribution in [0.2, 0.25) is 0 Å². The van der Waals surface area contributed by atoms with Crippen molar-refractivity contribution in [3.8, 4) is 5.75 Å². The molecule has 37 heavy (non-hydrogen) atoms. The lowest BCUT2D eigenvalue weighted by Crippen LogP contribution is -2.23. The lowest BCUT2D eigenvalue weighted by molar-refractivity contribution is -0.143. The van der Waals surface area contributed by atoms with E-state index in [0.717, 1.165) is 14.7 Å². The Morgan fingerprint density at radius 3 is 2.54 bits per heavy atom. The Hall–Kier alpha value is -3.48. The van der Waals surface area contributed by atoms with Gasteiger partial charge in [-0.3, -0.25) is 14.3 Å². The molecule has 1 amide bonds. The Labute approximate surface area is 225 Å². The summed E-state index contributed by atoms with van der Waals surface area (Å²) in [7, 11) is -2.40. The maximum atomic E-state index is 13.1. The van der Waals surface area contributed by atoms with Crippen LogP contribution in [0.1, 0.15) is 17.3 Å².